The highest BCUT2D eigenvalue weighted by molar-refractivity contribution is 5.49. The predicted molar refractivity (Wildman–Crippen MR) is 60.3 cm³/mol. The minimum atomic E-state index is 0.690. The second-order valence-electron chi connectivity index (χ2n) is 4.70. The van der Waals surface area contributed by atoms with Gasteiger partial charge in [-0.2, -0.15) is 0 Å². The summed E-state index contributed by atoms with van der Waals surface area (Å²) in [4.78, 5) is 10.6. The van der Waals surface area contributed by atoms with Gasteiger partial charge in [-0.15, -0.1) is 0 Å². The van der Waals surface area contributed by atoms with Crippen molar-refractivity contribution >= 4 is 6.29 Å². The van der Waals surface area contributed by atoms with Crippen LogP contribution in [0.3, 0.4) is 0 Å². The molecule has 0 aliphatic heterocycles. The maximum atomic E-state index is 10.6. The van der Waals surface area contributed by atoms with Crippen molar-refractivity contribution in [1.29, 1.82) is 0 Å². The molecule has 0 aromatic carbocycles. The van der Waals surface area contributed by atoms with Crippen LogP contribution in [-0.4, -0.2) is 6.29 Å². The summed E-state index contributed by atoms with van der Waals surface area (Å²) in [6.07, 6.45) is 12.8. The van der Waals surface area contributed by atoms with Crippen molar-refractivity contribution in [3.63, 3.8) is 0 Å². The van der Waals surface area contributed by atoms with Crippen molar-refractivity contribution in [2.45, 2.75) is 64.7 Å². The Labute approximate surface area is 88.3 Å². The maximum absolute atomic E-state index is 10.6. The highest BCUT2D eigenvalue weighted by atomic mass is 16.1. The van der Waals surface area contributed by atoms with Gasteiger partial charge in [0.05, 0.1) is 0 Å². The summed E-state index contributed by atoms with van der Waals surface area (Å²) < 4.78 is 0. The van der Waals surface area contributed by atoms with Gasteiger partial charge in [0.2, 0.25) is 0 Å². The molecular weight excluding hydrogens is 172 g/mol. The molecule has 0 aromatic rings. The minimum Gasteiger partial charge on any atom is -0.303 e. The molecule has 1 fully saturated rings. The van der Waals surface area contributed by atoms with E-state index < -0.39 is 0 Å². The largest absolute Gasteiger partial charge is 0.303 e. The molecular formula is C13H24O. The highest BCUT2D eigenvalue weighted by Crippen LogP contribution is 2.32. The van der Waals surface area contributed by atoms with Crippen LogP contribution in [0.1, 0.15) is 64.7 Å². The fraction of sp³-hybridized carbons (Fsp3) is 0.923. The van der Waals surface area contributed by atoms with Gasteiger partial charge in [0.1, 0.15) is 6.29 Å². The van der Waals surface area contributed by atoms with E-state index in [9.17, 15) is 4.79 Å². The average Bonchev–Trinajstić information content (AvgIpc) is 2.45. The predicted octanol–water partition coefficient (Wildman–Crippen LogP) is 3.96. The third-order valence-corrected chi connectivity index (χ3v) is 3.62. The summed E-state index contributed by atoms with van der Waals surface area (Å²) in [5.74, 6) is 1.54. The van der Waals surface area contributed by atoms with Gasteiger partial charge < -0.3 is 4.79 Å². The number of aldehydes is 1. The summed E-state index contributed by atoms with van der Waals surface area (Å²) in [5, 5.41) is 0. The zero-order valence-electron chi connectivity index (χ0n) is 9.50. The first-order valence-corrected chi connectivity index (χ1v) is 6.32. The lowest BCUT2D eigenvalue weighted by molar-refractivity contribution is -0.109. The molecule has 14 heavy (non-hydrogen) atoms. The smallest absolute Gasteiger partial charge is 0.120 e. The molecule has 0 aromatic heterocycles. The molecule has 1 atom stereocenters. The van der Waals surface area contributed by atoms with Crippen molar-refractivity contribution in [2.75, 3.05) is 0 Å². The van der Waals surface area contributed by atoms with Gasteiger partial charge in [-0.25, -0.2) is 0 Å². The summed E-state index contributed by atoms with van der Waals surface area (Å²) in [6, 6.07) is 0. The molecule has 0 bridgehead atoms. The molecule has 1 heteroatoms. The molecule has 1 aliphatic rings. The Balaban J connectivity index is 2.41. The third kappa shape index (κ3) is 3.81. The number of rotatable bonds is 5. The highest BCUT2D eigenvalue weighted by Gasteiger charge is 2.21. The molecule has 0 amide bonds. The lowest BCUT2D eigenvalue weighted by atomic mass is 9.81. The molecule has 1 rings (SSSR count). The molecule has 0 N–H and O–H groups in total. The number of hydrogen-bond acceptors (Lipinski definition) is 1. The SMILES string of the molecule is CCCC(CC=O)C1CCCCCC1. The van der Waals surface area contributed by atoms with Gasteiger partial charge in [0, 0.05) is 6.42 Å². The van der Waals surface area contributed by atoms with E-state index in [0.717, 1.165) is 18.6 Å². The standard InChI is InChI=1S/C13H24O/c1-2-7-12(10-11-14)13-8-5-3-4-6-9-13/h11-13H,2-10H2,1H3. The Kier molecular flexibility index (Phi) is 5.89. The van der Waals surface area contributed by atoms with Crippen LogP contribution in [0.5, 0.6) is 0 Å². The topological polar surface area (TPSA) is 17.1 Å². The minimum absolute atomic E-state index is 0.690. The molecule has 0 saturated heterocycles. The average molecular weight is 196 g/mol. The fourth-order valence-corrected chi connectivity index (χ4v) is 2.82. The van der Waals surface area contributed by atoms with Crippen molar-refractivity contribution in [3.05, 3.63) is 0 Å². The first-order valence-electron chi connectivity index (χ1n) is 6.32. The van der Waals surface area contributed by atoms with Crippen molar-refractivity contribution in [2.24, 2.45) is 11.8 Å². The molecule has 0 radical (unpaired) electrons. The normalized spacial score (nSPS) is 21.5. The van der Waals surface area contributed by atoms with Crippen LogP contribution in [0, 0.1) is 11.8 Å². The van der Waals surface area contributed by atoms with E-state index in [4.69, 9.17) is 0 Å². The van der Waals surface area contributed by atoms with Gasteiger partial charge in [0.25, 0.3) is 0 Å². The Morgan fingerprint density at radius 3 is 2.36 bits per heavy atom. The van der Waals surface area contributed by atoms with Gasteiger partial charge in [0.15, 0.2) is 0 Å². The second kappa shape index (κ2) is 7.03. The molecule has 1 unspecified atom stereocenters. The molecule has 1 nitrogen and oxygen atoms in total. The van der Waals surface area contributed by atoms with Gasteiger partial charge in [-0.3, -0.25) is 0 Å². The van der Waals surface area contributed by atoms with E-state index in [1.165, 1.54) is 51.4 Å². The summed E-state index contributed by atoms with van der Waals surface area (Å²) >= 11 is 0. The van der Waals surface area contributed by atoms with Crippen LogP contribution >= 0.6 is 0 Å². The Morgan fingerprint density at radius 1 is 1.21 bits per heavy atom. The van der Waals surface area contributed by atoms with Gasteiger partial charge in [-0.1, -0.05) is 58.3 Å². The molecule has 1 aliphatic carbocycles. The fourth-order valence-electron chi connectivity index (χ4n) is 2.82. The monoisotopic (exact) mass is 196 g/mol. The van der Waals surface area contributed by atoms with Crippen molar-refractivity contribution < 1.29 is 4.79 Å². The Morgan fingerprint density at radius 2 is 1.86 bits per heavy atom. The van der Waals surface area contributed by atoms with Crippen LogP contribution in [-0.2, 0) is 4.79 Å². The van der Waals surface area contributed by atoms with Gasteiger partial charge in [-0.05, 0) is 11.8 Å². The van der Waals surface area contributed by atoms with E-state index in [1.54, 1.807) is 0 Å². The van der Waals surface area contributed by atoms with Crippen LogP contribution in [0.4, 0.5) is 0 Å². The number of carbonyl (C=O) groups is 1. The maximum Gasteiger partial charge on any atom is 0.120 e. The van der Waals surface area contributed by atoms with Crippen LogP contribution in [0.15, 0.2) is 0 Å². The first-order chi connectivity index (χ1) is 6.88. The van der Waals surface area contributed by atoms with E-state index >= 15 is 0 Å². The third-order valence-electron chi connectivity index (χ3n) is 3.62. The molecule has 0 spiro atoms. The van der Waals surface area contributed by atoms with Gasteiger partial charge >= 0.3 is 0 Å². The van der Waals surface area contributed by atoms with E-state index in [0.29, 0.717) is 5.92 Å². The van der Waals surface area contributed by atoms with E-state index in [2.05, 4.69) is 6.92 Å². The summed E-state index contributed by atoms with van der Waals surface area (Å²) in [6.45, 7) is 2.23. The quantitative estimate of drug-likeness (QED) is 0.480. The zero-order chi connectivity index (χ0) is 10.2. The molecule has 0 heterocycles. The Hall–Kier alpha value is -0.330. The molecule has 82 valence electrons. The van der Waals surface area contributed by atoms with Crippen LogP contribution in [0.2, 0.25) is 0 Å². The number of carbonyl (C=O) groups excluding carboxylic acids is 1. The van der Waals surface area contributed by atoms with E-state index in [1.807, 2.05) is 0 Å². The van der Waals surface area contributed by atoms with Crippen molar-refractivity contribution in [3.8, 4) is 0 Å². The lowest BCUT2D eigenvalue weighted by Gasteiger charge is -2.23. The van der Waals surface area contributed by atoms with Crippen molar-refractivity contribution in [1.82, 2.24) is 0 Å². The number of hydrogen-bond donors (Lipinski definition) is 0. The summed E-state index contributed by atoms with van der Waals surface area (Å²) in [5.41, 5.74) is 0. The molecule has 1 saturated carbocycles. The second-order valence-corrected chi connectivity index (χ2v) is 4.70. The van der Waals surface area contributed by atoms with Crippen LogP contribution in [0.25, 0.3) is 0 Å². The van der Waals surface area contributed by atoms with E-state index in [-0.39, 0.29) is 0 Å². The lowest BCUT2D eigenvalue weighted by Crippen LogP contribution is -2.14. The first kappa shape index (κ1) is 11.7. The van der Waals surface area contributed by atoms with Crippen LogP contribution < -0.4 is 0 Å². The summed E-state index contributed by atoms with van der Waals surface area (Å²) in [7, 11) is 0. The zero-order valence-corrected chi connectivity index (χ0v) is 9.50. The Bertz CT molecular complexity index is 145.